The lowest BCUT2D eigenvalue weighted by Crippen LogP contribution is -2.29. The summed E-state index contributed by atoms with van der Waals surface area (Å²) in [6.07, 6.45) is 3.30. The van der Waals surface area contributed by atoms with E-state index in [0.29, 0.717) is 28.3 Å². The summed E-state index contributed by atoms with van der Waals surface area (Å²) in [5.41, 5.74) is 12.3. The maximum atomic E-state index is 13.4. The molecule has 0 radical (unpaired) electrons. The van der Waals surface area contributed by atoms with E-state index in [1.165, 1.54) is 23.2 Å². The number of amides is 1. The molecule has 0 aliphatic carbocycles. The van der Waals surface area contributed by atoms with Crippen LogP contribution in [0.4, 0.5) is 17.1 Å². The fraction of sp³-hybridized carbons (Fsp3) is 0.290. The van der Waals surface area contributed by atoms with Gasteiger partial charge in [-0.2, -0.15) is 0 Å². The molecule has 9 heteroatoms. The maximum absolute atomic E-state index is 13.4. The standard InChI is InChI=1S/C31H39N5O3S/c1-18-12-13-21(14-26(18)36(33)17-23(32)28(37)27-19(2)10-9-11-20(27)3)30(38)34-24-15-22(31(4,5)6)16-25(35-40-8)29(24)39-7/h9-17,35H,32-33H2,1-8H3,(H,34,38)/b23-17-. The number of anilines is 3. The fourth-order valence-corrected chi connectivity index (χ4v) is 4.75. The molecule has 3 aromatic carbocycles. The first kappa shape index (κ1) is 30.6. The van der Waals surface area contributed by atoms with Crippen LogP contribution in [0.25, 0.3) is 0 Å². The molecule has 0 saturated heterocycles. The van der Waals surface area contributed by atoms with Crippen LogP contribution in [0.15, 0.2) is 60.4 Å². The number of hydrazine groups is 1. The Balaban J connectivity index is 1.94. The molecule has 0 bridgehead atoms. The highest BCUT2D eigenvalue weighted by molar-refractivity contribution is 7.99. The Morgan fingerprint density at radius 3 is 2.17 bits per heavy atom. The molecule has 40 heavy (non-hydrogen) atoms. The monoisotopic (exact) mass is 561 g/mol. The van der Waals surface area contributed by atoms with Gasteiger partial charge in [0.15, 0.2) is 5.75 Å². The summed E-state index contributed by atoms with van der Waals surface area (Å²) in [6.45, 7) is 11.9. The number of Topliss-reactive ketones (excluding diaryl/α,β-unsaturated/α-hetero) is 1. The number of nitrogens with two attached hydrogens (primary N) is 2. The second kappa shape index (κ2) is 12.5. The maximum Gasteiger partial charge on any atom is 0.255 e. The summed E-state index contributed by atoms with van der Waals surface area (Å²) < 4.78 is 8.90. The van der Waals surface area contributed by atoms with E-state index in [2.05, 4.69) is 30.8 Å². The Morgan fingerprint density at radius 1 is 0.975 bits per heavy atom. The van der Waals surface area contributed by atoms with Crippen molar-refractivity contribution in [1.82, 2.24) is 0 Å². The van der Waals surface area contributed by atoms with E-state index in [-0.39, 0.29) is 22.8 Å². The first-order chi connectivity index (χ1) is 18.8. The summed E-state index contributed by atoms with van der Waals surface area (Å²) in [5, 5.41) is 4.27. The largest absolute Gasteiger partial charge is 0.492 e. The summed E-state index contributed by atoms with van der Waals surface area (Å²) in [6, 6.07) is 14.8. The highest BCUT2D eigenvalue weighted by Crippen LogP contribution is 2.39. The van der Waals surface area contributed by atoms with E-state index < -0.39 is 0 Å². The predicted octanol–water partition coefficient (Wildman–Crippen LogP) is 6.22. The highest BCUT2D eigenvalue weighted by Gasteiger charge is 2.22. The number of allylic oxidation sites excluding steroid dienone is 1. The summed E-state index contributed by atoms with van der Waals surface area (Å²) in [5.74, 6) is 6.23. The van der Waals surface area contributed by atoms with E-state index in [4.69, 9.17) is 16.3 Å². The molecule has 1 amide bonds. The number of ether oxygens (including phenoxy) is 1. The Kier molecular flexibility index (Phi) is 9.55. The summed E-state index contributed by atoms with van der Waals surface area (Å²) >= 11 is 1.44. The lowest BCUT2D eigenvalue weighted by atomic mass is 9.86. The molecule has 0 fully saturated rings. The van der Waals surface area contributed by atoms with Gasteiger partial charge in [0.05, 0.1) is 29.9 Å². The minimum absolute atomic E-state index is 0.00768. The van der Waals surface area contributed by atoms with Gasteiger partial charge in [0, 0.05) is 23.6 Å². The van der Waals surface area contributed by atoms with Crippen molar-refractivity contribution in [3.63, 3.8) is 0 Å². The topological polar surface area (TPSA) is 123 Å². The lowest BCUT2D eigenvalue weighted by molar-refractivity contribution is 0.102. The second-order valence-corrected chi connectivity index (χ2v) is 11.3. The number of nitrogens with one attached hydrogen (secondary N) is 2. The molecule has 0 aliphatic rings. The molecule has 0 heterocycles. The Morgan fingerprint density at radius 2 is 1.60 bits per heavy atom. The normalized spacial score (nSPS) is 11.7. The van der Waals surface area contributed by atoms with Crippen LogP contribution in [-0.2, 0) is 5.41 Å². The SMILES string of the molecule is COc1c(NSC)cc(C(C)(C)C)cc1NC(=O)c1ccc(C)c(N(N)/C=C(\N)C(=O)c2c(C)cccc2C)c1. The zero-order chi connectivity index (χ0) is 29.8. The molecular weight excluding hydrogens is 522 g/mol. The van der Waals surface area contributed by atoms with Gasteiger partial charge in [-0.25, -0.2) is 5.84 Å². The lowest BCUT2D eigenvalue weighted by Gasteiger charge is -2.24. The molecule has 212 valence electrons. The Bertz CT molecular complexity index is 1440. The van der Waals surface area contributed by atoms with Crippen molar-refractivity contribution in [1.29, 1.82) is 0 Å². The van der Waals surface area contributed by atoms with Crippen LogP contribution in [0.3, 0.4) is 0 Å². The van der Waals surface area contributed by atoms with Crippen LogP contribution in [0.5, 0.6) is 5.75 Å². The zero-order valence-electron chi connectivity index (χ0n) is 24.4. The van der Waals surface area contributed by atoms with Gasteiger partial charge >= 0.3 is 0 Å². The Hall–Kier alpha value is -3.95. The van der Waals surface area contributed by atoms with Gasteiger partial charge in [0.25, 0.3) is 5.91 Å². The first-order valence-electron chi connectivity index (χ1n) is 12.8. The van der Waals surface area contributed by atoms with Gasteiger partial charge in [-0.3, -0.25) is 14.6 Å². The summed E-state index contributed by atoms with van der Waals surface area (Å²) in [7, 11) is 1.57. The van der Waals surface area contributed by atoms with Crippen molar-refractivity contribution >= 4 is 40.7 Å². The van der Waals surface area contributed by atoms with E-state index in [1.807, 2.05) is 57.4 Å². The van der Waals surface area contributed by atoms with Crippen LogP contribution < -0.4 is 31.4 Å². The predicted molar refractivity (Wildman–Crippen MR) is 167 cm³/mol. The molecule has 6 N–H and O–H groups in total. The number of carbonyl (C=O) groups excluding carboxylic acids is 2. The Labute approximate surface area is 241 Å². The number of hydrogen-bond donors (Lipinski definition) is 4. The molecule has 8 nitrogen and oxygen atoms in total. The van der Waals surface area contributed by atoms with E-state index in [1.54, 1.807) is 25.3 Å². The van der Waals surface area contributed by atoms with Crippen molar-refractivity contribution in [2.24, 2.45) is 11.6 Å². The third kappa shape index (κ3) is 6.78. The van der Waals surface area contributed by atoms with Crippen molar-refractivity contribution < 1.29 is 14.3 Å². The number of rotatable bonds is 9. The van der Waals surface area contributed by atoms with Crippen LogP contribution in [0.2, 0.25) is 0 Å². The second-order valence-electron chi connectivity index (χ2n) is 10.7. The fourth-order valence-electron chi connectivity index (χ4n) is 4.38. The molecule has 0 spiro atoms. The molecule has 3 aromatic rings. The number of benzene rings is 3. The molecule has 3 rings (SSSR count). The minimum atomic E-state index is -0.335. The van der Waals surface area contributed by atoms with Crippen LogP contribution >= 0.6 is 11.9 Å². The van der Waals surface area contributed by atoms with Crippen molar-refractivity contribution in [3.8, 4) is 5.75 Å². The number of nitrogens with zero attached hydrogens (tertiary/aromatic N) is 1. The smallest absolute Gasteiger partial charge is 0.255 e. The van der Waals surface area contributed by atoms with Crippen LogP contribution in [-0.4, -0.2) is 25.1 Å². The highest BCUT2D eigenvalue weighted by atomic mass is 32.2. The third-order valence-corrected chi connectivity index (χ3v) is 7.04. The molecule has 0 unspecified atom stereocenters. The number of ketones is 1. The van der Waals surface area contributed by atoms with Crippen LogP contribution in [0, 0.1) is 20.8 Å². The quantitative estimate of drug-likeness (QED) is 0.0798. The van der Waals surface area contributed by atoms with Gasteiger partial charge in [-0.1, -0.05) is 57.0 Å². The third-order valence-electron chi connectivity index (χ3n) is 6.62. The van der Waals surface area contributed by atoms with E-state index >= 15 is 0 Å². The van der Waals surface area contributed by atoms with Gasteiger partial charge in [0.1, 0.15) is 0 Å². The zero-order valence-corrected chi connectivity index (χ0v) is 25.2. The first-order valence-corrected chi connectivity index (χ1v) is 14.1. The average Bonchev–Trinajstić information content (AvgIpc) is 2.88. The van der Waals surface area contributed by atoms with Gasteiger partial charge in [-0.15, -0.1) is 0 Å². The molecule has 0 aliphatic heterocycles. The molecule has 0 atom stereocenters. The van der Waals surface area contributed by atoms with Gasteiger partial charge < -0.3 is 20.5 Å². The molecule has 0 saturated carbocycles. The summed E-state index contributed by atoms with van der Waals surface area (Å²) in [4.78, 5) is 26.5. The molecular formula is C31H39N5O3S. The van der Waals surface area contributed by atoms with E-state index in [0.717, 1.165) is 27.9 Å². The van der Waals surface area contributed by atoms with Gasteiger partial charge in [-0.05, 0) is 72.7 Å². The minimum Gasteiger partial charge on any atom is -0.492 e. The number of carbonyl (C=O) groups is 2. The number of hydrogen-bond acceptors (Lipinski definition) is 8. The van der Waals surface area contributed by atoms with Crippen molar-refractivity contribution in [2.45, 2.75) is 47.0 Å². The van der Waals surface area contributed by atoms with Crippen molar-refractivity contribution in [2.75, 3.05) is 28.4 Å². The van der Waals surface area contributed by atoms with Crippen molar-refractivity contribution in [3.05, 3.63) is 93.8 Å². The molecule has 0 aromatic heterocycles. The number of methoxy groups -OCH3 is 1. The van der Waals surface area contributed by atoms with Gasteiger partial charge in [0.2, 0.25) is 5.78 Å². The average molecular weight is 562 g/mol. The number of aryl methyl sites for hydroxylation is 3. The van der Waals surface area contributed by atoms with Crippen LogP contribution in [0.1, 0.15) is 63.7 Å². The van der Waals surface area contributed by atoms with E-state index in [9.17, 15) is 9.59 Å².